The van der Waals surface area contributed by atoms with Crippen LogP contribution in [0.2, 0.25) is 0 Å². The highest BCUT2D eigenvalue weighted by molar-refractivity contribution is 5.32. The summed E-state index contributed by atoms with van der Waals surface area (Å²) in [4.78, 5) is 3.76. The van der Waals surface area contributed by atoms with Crippen LogP contribution in [0.15, 0.2) is 37.7 Å². The molecule has 0 unspecified atom stereocenters. The molecule has 0 saturated carbocycles. The van der Waals surface area contributed by atoms with E-state index >= 15 is 0 Å². The summed E-state index contributed by atoms with van der Waals surface area (Å²) < 4.78 is 0. The van der Waals surface area contributed by atoms with Crippen molar-refractivity contribution in [2.24, 2.45) is 0 Å². The van der Waals surface area contributed by atoms with Gasteiger partial charge in [0.05, 0.1) is 5.69 Å². The van der Waals surface area contributed by atoms with Gasteiger partial charge in [-0.05, 0) is 12.1 Å². The molecule has 1 rings (SSSR count). The lowest BCUT2D eigenvalue weighted by Gasteiger charge is -1.83. The third-order valence-electron chi connectivity index (χ3n) is 0.684. The quantitative estimate of drug-likeness (QED) is 0.529. The van der Waals surface area contributed by atoms with Gasteiger partial charge in [0, 0.05) is 12.4 Å². The predicted molar refractivity (Wildman–Crippen MR) is 39.9 cm³/mol. The largest absolute Gasteiger partial charge is 0.397 e. The molecule has 2 nitrogen and oxygen atoms in total. The van der Waals surface area contributed by atoms with E-state index in [4.69, 9.17) is 5.73 Å². The monoisotopic (exact) mass is 122 g/mol. The fourth-order valence-corrected chi connectivity index (χ4v) is 0.376. The van der Waals surface area contributed by atoms with Crippen LogP contribution in [-0.2, 0) is 0 Å². The SMILES string of the molecule is C=C.Nc1cccnc1. The molecule has 0 amide bonds. The molecule has 0 fully saturated rings. The molecule has 1 aromatic rings. The van der Waals surface area contributed by atoms with Crippen LogP contribution in [0.5, 0.6) is 0 Å². The number of nitrogens with zero attached hydrogens (tertiary/aromatic N) is 1. The number of anilines is 1. The van der Waals surface area contributed by atoms with Crippen molar-refractivity contribution in [1.82, 2.24) is 4.98 Å². The molecule has 0 aliphatic carbocycles. The highest BCUT2D eigenvalue weighted by Gasteiger charge is 1.73. The van der Waals surface area contributed by atoms with Crippen LogP contribution in [0.4, 0.5) is 5.69 Å². The molecule has 2 heteroatoms. The maximum absolute atomic E-state index is 5.30. The van der Waals surface area contributed by atoms with E-state index < -0.39 is 0 Å². The number of rotatable bonds is 0. The van der Waals surface area contributed by atoms with Gasteiger partial charge in [0.25, 0.3) is 0 Å². The maximum atomic E-state index is 5.30. The van der Waals surface area contributed by atoms with Gasteiger partial charge in [-0.2, -0.15) is 0 Å². The van der Waals surface area contributed by atoms with Crippen molar-refractivity contribution in [3.05, 3.63) is 37.7 Å². The zero-order chi connectivity index (χ0) is 7.11. The lowest BCUT2D eigenvalue weighted by Crippen LogP contribution is -1.82. The molecule has 0 atom stereocenters. The van der Waals surface area contributed by atoms with Gasteiger partial charge in [-0.1, -0.05) is 0 Å². The molecule has 0 saturated heterocycles. The molecule has 0 bridgehead atoms. The Morgan fingerprint density at radius 1 is 1.44 bits per heavy atom. The molecule has 0 spiro atoms. The van der Waals surface area contributed by atoms with Gasteiger partial charge in [-0.3, -0.25) is 4.98 Å². The molecule has 1 heterocycles. The van der Waals surface area contributed by atoms with E-state index in [1.165, 1.54) is 0 Å². The smallest absolute Gasteiger partial charge is 0.0500 e. The summed E-state index contributed by atoms with van der Waals surface area (Å²) in [6.07, 6.45) is 3.30. The second kappa shape index (κ2) is 4.84. The first kappa shape index (κ1) is 7.69. The Labute approximate surface area is 55.0 Å². The standard InChI is InChI=1S/C5H6N2.C2H4/c6-5-2-1-3-7-4-5;1-2/h1-4H,6H2;1-2H2. The van der Waals surface area contributed by atoms with Crippen LogP contribution in [-0.4, -0.2) is 4.98 Å². The Hall–Kier alpha value is -1.31. The maximum Gasteiger partial charge on any atom is 0.0500 e. The molecule has 2 N–H and O–H groups in total. The van der Waals surface area contributed by atoms with Gasteiger partial charge in [0.15, 0.2) is 0 Å². The number of pyridine rings is 1. The van der Waals surface area contributed by atoms with E-state index in [2.05, 4.69) is 18.1 Å². The van der Waals surface area contributed by atoms with Gasteiger partial charge in [-0.15, -0.1) is 13.2 Å². The average Bonchev–Trinajstić information content (AvgIpc) is 1.94. The number of nitrogen functional groups attached to an aromatic ring is 1. The van der Waals surface area contributed by atoms with Gasteiger partial charge >= 0.3 is 0 Å². The van der Waals surface area contributed by atoms with Crippen molar-refractivity contribution in [2.45, 2.75) is 0 Å². The fourth-order valence-electron chi connectivity index (χ4n) is 0.376. The van der Waals surface area contributed by atoms with Crippen LogP contribution in [0.1, 0.15) is 0 Å². The molecule has 9 heavy (non-hydrogen) atoms. The van der Waals surface area contributed by atoms with Crippen LogP contribution in [0.3, 0.4) is 0 Å². The van der Waals surface area contributed by atoms with E-state index in [9.17, 15) is 0 Å². The topological polar surface area (TPSA) is 38.9 Å². The van der Waals surface area contributed by atoms with Crippen molar-refractivity contribution >= 4 is 5.69 Å². The molecule has 0 aliphatic rings. The number of aromatic nitrogens is 1. The summed E-state index contributed by atoms with van der Waals surface area (Å²) in [6.45, 7) is 6.00. The Balaban J connectivity index is 0.000000291. The third-order valence-corrected chi connectivity index (χ3v) is 0.684. The summed E-state index contributed by atoms with van der Waals surface area (Å²) in [6, 6.07) is 3.60. The molecular formula is C7H10N2. The van der Waals surface area contributed by atoms with Gasteiger partial charge < -0.3 is 5.73 Å². The van der Waals surface area contributed by atoms with Crippen molar-refractivity contribution in [3.63, 3.8) is 0 Å². The van der Waals surface area contributed by atoms with Gasteiger partial charge in [0.2, 0.25) is 0 Å². The third kappa shape index (κ3) is 3.29. The molecule has 1 aromatic heterocycles. The molecular weight excluding hydrogens is 112 g/mol. The first-order valence-corrected chi connectivity index (χ1v) is 2.55. The van der Waals surface area contributed by atoms with Crippen LogP contribution in [0.25, 0.3) is 0 Å². The number of nitrogens with two attached hydrogens (primary N) is 1. The lowest BCUT2D eigenvalue weighted by atomic mass is 10.4. The van der Waals surface area contributed by atoms with Crippen LogP contribution >= 0.6 is 0 Å². The highest BCUT2D eigenvalue weighted by atomic mass is 14.7. The summed E-state index contributed by atoms with van der Waals surface area (Å²) >= 11 is 0. The molecule has 48 valence electrons. The number of hydrogen-bond donors (Lipinski definition) is 1. The zero-order valence-electron chi connectivity index (χ0n) is 5.25. The molecule has 0 aliphatic heterocycles. The van der Waals surface area contributed by atoms with E-state index in [-0.39, 0.29) is 0 Å². The molecule has 0 aromatic carbocycles. The van der Waals surface area contributed by atoms with E-state index in [0.717, 1.165) is 0 Å². The van der Waals surface area contributed by atoms with Crippen molar-refractivity contribution in [2.75, 3.05) is 5.73 Å². The Kier molecular flexibility index (Phi) is 4.14. The van der Waals surface area contributed by atoms with Gasteiger partial charge in [-0.25, -0.2) is 0 Å². The summed E-state index contributed by atoms with van der Waals surface area (Å²) in [7, 11) is 0. The highest BCUT2D eigenvalue weighted by Crippen LogP contribution is 1.92. The minimum Gasteiger partial charge on any atom is -0.397 e. The number of hydrogen-bond acceptors (Lipinski definition) is 2. The summed E-state index contributed by atoms with van der Waals surface area (Å²) in [5.74, 6) is 0. The first-order valence-electron chi connectivity index (χ1n) is 2.55. The second-order valence-electron chi connectivity index (χ2n) is 1.29. The van der Waals surface area contributed by atoms with Crippen molar-refractivity contribution in [1.29, 1.82) is 0 Å². The first-order chi connectivity index (χ1) is 4.39. The van der Waals surface area contributed by atoms with Gasteiger partial charge in [0.1, 0.15) is 0 Å². The predicted octanol–water partition coefficient (Wildman–Crippen LogP) is 1.47. The molecule has 0 radical (unpaired) electrons. The van der Waals surface area contributed by atoms with Crippen molar-refractivity contribution < 1.29 is 0 Å². The minimum atomic E-state index is 0.711. The minimum absolute atomic E-state index is 0.711. The Morgan fingerprint density at radius 2 is 2.11 bits per heavy atom. The summed E-state index contributed by atoms with van der Waals surface area (Å²) in [5, 5.41) is 0. The Morgan fingerprint density at radius 3 is 2.33 bits per heavy atom. The second-order valence-corrected chi connectivity index (χ2v) is 1.29. The van der Waals surface area contributed by atoms with E-state index in [1.807, 2.05) is 0 Å². The van der Waals surface area contributed by atoms with E-state index in [1.54, 1.807) is 24.5 Å². The zero-order valence-corrected chi connectivity index (χ0v) is 5.25. The Bertz CT molecular complexity index is 148. The summed E-state index contributed by atoms with van der Waals surface area (Å²) in [5.41, 5.74) is 6.01. The van der Waals surface area contributed by atoms with E-state index in [0.29, 0.717) is 5.69 Å². The van der Waals surface area contributed by atoms with Crippen LogP contribution < -0.4 is 5.73 Å². The lowest BCUT2D eigenvalue weighted by molar-refractivity contribution is 1.33. The fraction of sp³-hybridized carbons (Fsp3) is 0. The van der Waals surface area contributed by atoms with Crippen LogP contribution in [0, 0.1) is 0 Å². The average molecular weight is 122 g/mol. The normalized spacial score (nSPS) is 7.11. The van der Waals surface area contributed by atoms with Crippen molar-refractivity contribution in [3.8, 4) is 0 Å².